The number of rotatable bonds is 15. The lowest BCUT2D eigenvalue weighted by atomic mass is 9.65. The van der Waals surface area contributed by atoms with Crippen molar-refractivity contribution in [3.05, 3.63) is 54.6 Å². The lowest BCUT2D eigenvalue weighted by Gasteiger charge is -2.40. The molecule has 2 unspecified atom stereocenters. The Hall–Kier alpha value is -2.68. The average molecular weight is 601 g/mol. The van der Waals surface area contributed by atoms with Crippen molar-refractivity contribution >= 4 is 35.1 Å². The van der Waals surface area contributed by atoms with Crippen LogP contribution in [0.4, 0.5) is 5.69 Å². The molecule has 9 heteroatoms. The molecule has 3 fully saturated rings. The molecule has 1 aromatic rings. The number of likely N-dealkylation sites (tertiary alicyclic amines) is 1. The van der Waals surface area contributed by atoms with Crippen molar-refractivity contribution in [2.24, 2.45) is 17.8 Å². The van der Waals surface area contributed by atoms with E-state index in [1.165, 1.54) is 9.80 Å². The van der Waals surface area contributed by atoms with E-state index in [-0.39, 0.29) is 37.5 Å². The Morgan fingerprint density at radius 3 is 2.60 bits per heavy atom. The molecule has 3 saturated heterocycles. The zero-order valence-electron chi connectivity index (χ0n) is 25.1. The topological polar surface area (TPSA) is 96.4 Å². The van der Waals surface area contributed by atoms with E-state index in [0.717, 1.165) is 12.8 Å². The number of ether oxygens (including phenoxy) is 2. The first-order chi connectivity index (χ1) is 20.1. The predicted molar refractivity (Wildman–Crippen MR) is 163 cm³/mol. The van der Waals surface area contributed by atoms with Gasteiger partial charge in [0.25, 0.3) is 5.91 Å². The molecule has 1 aromatic carbocycles. The number of aliphatic hydroxyl groups is 1. The number of para-hydroxylation sites is 1. The summed E-state index contributed by atoms with van der Waals surface area (Å²) in [5, 5.41) is 10.9. The minimum absolute atomic E-state index is 0.145. The van der Waals surface area contributed by atoms with E-state index in [9.17, 15) is 19.5 Å². The Morgan fingerprint density at radius 1 is 1.24 bits per heavy atom. The molecule has 1 spiro atoms. The fourth-order valence-electron chi connectivity index (χ4n) is 7.42. The highest BCUT2D eigenvalue weighted by Crippen LogP contribution is 2.65. The molecule has 1 N–H and O–H groups in total. The molecule has 4 rings (SSSR count). The van der Waals surface area contributed by atoms with Crippen LogP contribution < -0.4 is 4.90 Å². The van der Waals surface area contributed by atoms with Crippen LogP contribution in [-0.4, -0.2) is 70.8 Å². The number of nitrogens with zero attached hydrogens (tertiary/aromatic N) is 2. The highest BCUT2D eigenvalue weighted by atomic mass is 35.5. The van der Waals surface area contributed by atoms with Gasteiger partial charge in [0.2, 0.25) is 5.91 Å². The SMILES string of the molecule is C=CCCCCOC(=O)[C@@H]1[C@H]2C(=O)N([C@@H](CO)CC(C)C)C(C(=O)N(CC=C)c3ccccc3Cl)C23CC[C@@]1(CC)O3. The van der Waals surface area contributed by atoms with Crippen LogP contribution in [0.3, 0.4) is 0 Å². The van der Waals surface area contributed by atoms with Crippen molar-refractivity contribution in [1.29, 1.82) is 0 Å². The first-order valence-corrected chi connectivity index (χ1v) is 15.6. The molecule has 42 heavy (non-hydrogen) atoms. The van der Waals surface area contributed by atoms with Crippen LogP contribution in [0.2, 0.25) is 5.02 Å². The molecule has 8 nitrogen and oxygen atoms in total. The standard InChI is InChI=1S/C33H45ClN2O6/c1-6-9-10-13-19-41-31(40)27-26-29(38)36(23(21-37)20-22(4)5)28(33(26)17-16-32(27,8-3)42-33)30(39)35(18-7-2)25-15-12-11-14-24(25)34/h6-7,11-12,14-15,22-23,26-28,37H,1-2,8-10,13,16-21H2,3-5H3/t23-,26+,27+,28?,32-,33?/m1/s1. The maximum atomic E-state index is 14.8. The number of allylic oxidation sites excluding steroid dienone is 1. The van der Waals surface area contributed by atoms with Gasteiger partial charge in [-0.25, -0.2) is 0 Å². The first-order valence-electron chi connectivity index (χ1n) is 15.2. The molecule has 2 bridgehead atoms. The quantitative estimate of drug-likeness (QED) is 0.166. The number of anilines is 1. The molecular formula is C33H45ClN2O6. The van der Waals surface area contributed by atoms with Crippen molar-refractivity contribution < 1.29 is 29.0 Å². The van der Waals surface area contributed by atoms with Gasteiger partial charge in [-0.2, -0.15) is 0 Å². The summed E-state index contributed by atoms with van der Waals surface area (Å²) in [6.07, 6.45) is 7.78. The monoisotopic (exact) mass is 600 g/mol. The van der Waals surface area contributed by atoms with Crippen molar-refractivity contribution in [2.45, 2.75) is 89.0 Å². The van der Waals surface area contributed by atoms with Crippen LogP contribution in [0.15, 0.2) is 49.6 Å². The molecule has 3 aliphatic heterocycles. The third-order valence-corrected chi connectivity index (χ3v) is 9.54. The molecule has 0 aliphatic carbocycles. The molecule has 0 radical (unpaired) electrons. The van der Waals surface area contributed by atoms with E-state index >= 15 is 0 Å². The molecule has 0 aromatic heterocycles. The fraction of sp³-hybridized carbons (Fsp3) is 0.606. The molecule has 0 saturated carbocycles. The lowest BCUT2D eigenvalue weighted by molar-refractivity contribution is -0.162. The van der Waals surface area contributed by atoms with Crippen LogP contribution in [0.25, 0.3) is 0 Å². The number of esters is 1. The summed E-state index contributed by atoms with van der Waals surface area (Å²) in [5.41, 5.74) is -1.64. The minimum Gasteiger partial charge on any atom is -0.465 e. The molecule has 3 aliphatic rings. The third kappa shape index (κ3) is 5.53. The van der Waals surface area contributed by atoms with Gasteiger partial charge in [-0.1, -0.05) is 56.7 Å². The average Bonchev–Trinajstić information content (AvgIpc) is 3.58. The summed E-state index contributed by atoms with van der Waals surface area (Å²) >= 11 is 6.56. The second-order valence-electron chi connectivity index (χ2n) is 12.2. The Morgan fingerprint density at radius 2 is 1.98 bits per heavy atom. The summed E-state index contributed by atoms with van der Waals surface area (Å²) in [4.78, 5) is 46.1. The summed E-state index contributed by atoms with van der Waals surface area (Å²) in [7, 11) is 0. The van der Waals surface area contributed by atoms with E-state index in [1.807, 2.05) is 26.8 Å². The van der Waals surface area contributed by atoms with Crippen molar-refractivity contribution in [3.63, 3.8) is 0 Å². The summed E-state index contributed by atoms with van der Waals surface area (Å²) < 4.78 is 12.6. The number of hydrogen-bond donors (Lipinski definition) is 1. The normalized spacial score (nSPS) is 28.6. The number of unbranched alkanes of at least 4 members (excludes halogenated alkanes) is 2. The second kappa shape index (κ2) is 13.3. The summed E-state index contributed by atoms with van der Waals surface area (Å²) in [6, 6.07) is 5.36. The van der Waals surface area contributed by atoms with E-state index in [0.29, 0.717) is 42.8 Å². The van der Waals surface area contributed by atoms with E-state index < -0.39 is 41.1 Å². The molecule has 3 heterocycles. The Balaban J connectivity index is 1.79. The van der Waals surface area contributed by atoms with Crippen LogP contribution in [-0.2, 0) is 23.9 Å². The van der Waals surface area contributed by atoms with Crippen LogP contribution in [0.1, 0.15) is 65.7 Å². The van der Waals surface area contributed by atoms with Gasteiger partial charge in [0.1, 0.15) is 17.6 Å². The molecule has 230 valence electrons. The van der Waals surface area contributed by atoms with Gasteiger partial charge in [0, 0.05) is 6.54 Å². The van der Waals surface area contributed by atoms with Crippen LogP contribution >= 0.6 is 11.6 Å². The van der Waals surface area contributed by atoms with Gasteiger partial charge >= 0.3 is 5.97 Å². The minimum atomic E-state index is -1.23. The van der Waals surface area contributed by atoms with Crippen molar-refractivity contribution in [2.75, 3.05) is 24.7 Å². The van der Waals surface area contributed by atoms with E-state index in [2.05, 4.69) is 13.2 Å². The van der Waals surface area contributed by atoms with Gasteiger partial charge < -0.3 is 24.4 Å². The lowest BCUT2D eigenvalue weighted by Crippen LogP contribution is -2.59. The number of amides is 2. The third-order valence-electron chi connectivity index (χ3n) is 9.22. The number of carbonyl (C=O) groups is 3. The Labute approximate surface area is 254 Å². The highest BCUT2D eigenvalue weighted by molar-refractivity contribution is 6.34. The predicted octanol–water partition coefficient (Wildman–Crippen LogP) is 5.32. The Bertz CT molecular complexity index is 1190. The molecule has 2 amide bonds. The smallest absolute Gasteiger partial charge is 0.312 e. The number of fused-ring (bicyclic) bond motifs is 1. The zero-order chi connectivity index (χ0) is 30.7. The maximum absolute atomic E-state index is 14.8. The number of hydrogen-bond acceptors (Lipinski definition) is 6. The fourth-order valence-corrected chi connectivity index (χ4v) is 7.65. The van der Waals surface area contributed by atoms with Gasteiger partial charge in [-0.15, -0.1) is 13.2 Å². The number of carbonyl (C=O) groups excluding carboxylic acids is 3. The summed E-state index contributed by atoms with van der Waals surface area (Å²) in [5.74, 6) is -2.75. The van der Waals surface area contributed by atoms with Gasteiger partial charge in [-0.05, 0) is 63.0 Å². The van der Waals surface area contributed by atoms with E-state index in [1.54, 1.807) is 30.3 Å². The zero-order valence-corrected chi connectivity index (χ0v) is 25.9. The second-order valence-corrected chi connectivity index (χ2v) is 12.6. The molecular weight excluding hydrogens is 556 g/mol. The molecule has 6 atom stereocenters. The highest BCUT2D eigenvalue weighted by Gasteiger charge is 2.79. The number of halogens is 1. The maximum Gasteiger partial charge on any atom is 0.312 e. The van der Waals surface area contributed by atoms with E-state index in [4.69, 9.17) is 21.1 Å². The number of benzene rings is 1. The van der Waals surface area contributed by atoms with Crippen LogP contribution in [0.5, 0.6) is 0 Å². The van der Waals surface area contributed by atoms with Crippen LogP contribution in [0, 0.1) is 17.8 Å². The van der Waals surface area contributed by atoms with Gasteiger partial charge in [0.15, 0.2) is 0 Å². The van der Waals surface area contributed by atoms with Gasteiger partial charge in [-0.3, -0.25) is 14.4 Å². The van der Waals surface area contributed by atoms with Crippen molar-refractivity contribution in [3.8, 4) is 0 Å². The first kappa shape index (κ1) is 32.2. The number of aliphatic hydroxyl groups excluding tert-OH is 1. The van der Waals surface area contributed by atoms with Gasteiger partial charge in [0.05, 0.1) is 41.5 Å². The Kier molecular flexibility index (Phi) is 10.2. The summed E-state index contributed by atoms with van der Waals surface area (Å²) in [6.45, 7) is 13.6. The largest absolute Gasteiger partial charge is 0.465 e. The van der Waals surface area contributed by atoms with Crippen molar-refractivity contribution in [1.82, 2.24) is 4.90 Å².